The van der Waals surface area contributed by atoms with Gasteiger partial charge in [0.2, 0.25) is 5.91 Å². The molecular formula is C15H28N4O4. The molecule has 2 rings (SSSR count). The molecule has 2 aliphatic rings. The van der Waals surface area contributed by atoms with E-state index in [0.717, 1.165) is 32.7 Å². The van der Waals surface area contributed by atoms with E-state index in [1.54, 1.807) is 6.92 Å². The fourth-order valence-corrected chi connectivity index (χ4v) is 3.32. The van der Waals surface area contributed by atoms with E-state index in [-0.39, 0.29) is 5.91 Å². The van der Waals surface area contributed by atoms with Crippen molar-refractivity contribution in [3.8, 4) is 0 Å². The highest BCUT2D eigenvalue weighted by atomic mass is 17.0. The highest BCUT2D eigenvalue weighted by Crippen LogP contribution is 2.10. The molecule has 2 aliphatic heterocycles. The van der Waals surface area contributed by atoms with E-state index in [2.05, 4.69) is 14.6 Å². The van der Waals surface area contributed by atoms with Crippen LogP contribution >= 0.6 is 0 Å². The summed E-state index contributed by atoms with van der Waals surface area (Å²) in [5, 5.41) is 9.56. The molecule has 0 radical (unpaired) electrons. The Labute approximate surface area is 137 Å². The summed E-state index contributed by atoms with van der Waals surface area (Å²) in [6.07, 6.45) is 3.96. The molecule has 1 atom stereocenters. The van der Waals surface area contributed by atoms with Crippen molar-refractivity contribution in [3.05, 3.63) is 10.1 Å². The van der Waals surface area contributed by atoms with Crippen molar-refractivity contribution < 1.29 is 14.7 Å². The standard InChI is InChI=1S/C15H28N4O4/c1-14(23-19(21)22)13-17-9-11-18(12-10-17)15(20)5-8-16-6-3-2-4-7-16/h14H,2-13H2,1H3. The highest BCUT2D eigenvalue weighted by Gasteiger charge is 2.23. The number of nitrogens with zero attached hydrogens (tertiary/aromatic N) is 4. The SMILES string of the molecule is CC(CN1CCN(C(=O)CCN2CCCCC2)CC1)O[N+](=O)[O-]. The summed E-state index contributed by atoms with van der Waals surface area (Å²) < 4.78 is 0. The number of carbonyl (C=O) groups excluding carboxylic acids is 1. The van der Waals surface area contributed by atoms with Crippen LogP contribution in [0.1, 0.15) is 32.6 Å². The molecule has 2 fully saturated rings. The summed E-state index contributed by atoms with van der Waals surface area (Å²) in [7, 11) is 0. The molecule has 1 unspecified atom stereocenters. The third-order valence-corrected chi connectivity index (χ3v) is 4.60. The minimum Gasteiger partial charge on any atom is -0.340 e. The number of likely N-dealkylation sites (tertiary alicyclic amines) is 1. The van der Waals surface area contributed by atoms with Crippen LogP contribution in [0.15, 0.2) is 0 Å². The van der Waals surface area contributed by atoms with Crippen molar-refractivity contribution in [2.45, 2.75) is 38.7 Å². The fraction of sp³-hybridized carbons (Fsp3) is 0.933. The van der Waals surface area contributed by atoms with E-state index in [4.69, 9.17) is 0 Å². The van der Waals surface area contributed by atoms with Crippen LogP contribution in [0.5, 0.6) is 0 Å². The Kier molecular flexibility index (Phi) is 7.04. The van der Waals surface area contributed by atoms with Crippen molar-refractivity contribution in [1.29, 1.82) is 0 Å². The van der Waals surface area contributed by atoms with Gasteiger partial charge in [0.1, 0.15) is 6.10 Å². The number of piperidine rings is 1. The van der Waals surface area contributed by atoms with Crippen LogP contribution in [-0.4, -0.2) is 84.2 Å². The van der Waals surface area contributed by atoms with Gasteiger partial charge in [0.25, 0.3) is 5.09 Å². The molecular weight excluding hydrogens is 300 g/mol. The lowest BCUT2D eigenvalue weighted by atomic mass is 10.1. The second-order valence-electron chi connectivity index (χ2n) is 6.47. The van der Waals surface area contributed by atoms with Crippen molar-refractivity contribution >= 4 is 5.91 Å². The number of carbonyl (C=O) groups is 1. The van der Waals surface area contributed by atoms with E-state index in [1.165, 1.54) is 19.3 Å². The van der Waals surface area contributed by atoms with Crippen LogP contribution in [0.2, 0.25) is 0 Å². The van der Waals surface area contributed by atoms with Gasteiger partial charge in [-0.2, -0.15) is 0 Å². The average Bonchev–Trinajstić information content (AvgIpc) is 2.53. The molecule has 8 heteroatoms. The van der Waals surface area contributed by atoms with E-state index >= 15 is 0 Å². The first-order valence-electron chi connectivity index (χ1n) is 8.58. The molecule has 0 bridgehead atoms. The number of hydrogen-bond acceptors (Lipinski definition) is 6. The first kappa shape index (κ1) is 17.9. The summed E-state index contributed by atoms with van der Waals surface area (Å²) in [5.41, 5.74) is 0. The molecule has 132 valence electrons. The van der Waals surface area contributed by atoms with Gasteiger partial charge < -0.3 is 14.6 Å². The third-order valence-electron chi connectivity index (χ3n) is 4.60. The van der Waals surface area contributed by atoms with E-state index in [9.17, 15) is 14.9 Å². The van der Waals surface area contributed by atoms with Gasteiger partial charge in [-0.1, -0.05) is 6.42 Å². The van der Waals surface area contributed by atoms with Crippen LogP contribution in [0.4, 0.5) is 0 Å². The largest absolute Gasteiger partial charge is 0.340 e. The molecule has 0 N–H and O–H groups in total. The van der Waals surface area contributed by atoms with Crippen molar-refractivity contribution in [2.75, 3.05) is 52.4 Å². The summed E-state index contributed by atoms with van der Waals surface area (Å²) >= 11 is 0. The molecule has 0 spiro atoms. The first-order chi connectivity index (χ1) is 11.0. The van der Waals surface area contributed by atoms with Crippen molar-refractivity contribution in [1.82, 2.24) is 14.7 Å². The fourth-order valence-electron chi connectivity index (χ4n) is 3.32. The van der Waals surface area contributed by atoms with Crippen LogP contribution in [0.3, 0.4) is 0 Å². The molecule has 2 heterocycles. The highest BCUT2D eigenvalue weighted by molar-refractivity contribution is 5.76. The monoisotopic (exact) mass is 328 g/mol. The van der Waals surface area contributed by atoms with Gasteiger partial charge in [0, 0.05) is 45.7 Å². The molecule has 23 heavy (non-hydrogen) atoms. The lowest BCUT2D eigenvalue weighted by Crippen LogP contribution is -2.51. The number of piperazine rings is 1. The topological polar surface area (TPSA) is 79.2 Å². The van der Waals surface area contributed by atoms with Crippen molar-refractivity contribution in [3.63, 3.8) is 0 Å². The molecule has 8 nitrogen and oxygen atoms in total. The van der Waals surface area contributed by atoms with Crippen molar-refractivity contribution in [2.24, 2.45) is 0 Å². The maximum atomic E-state index is 12.3. The van der Waals surface area contributed by atoms with Gasteiger partial charge in [-0.05, 0) is 32.9 Å². The Morgan fingerprint density at radius 1 is 1.09 bits per heavy atom. The van der Waals surface area contributed by atoms with E-state index < -0.39 is 11.2 Å². The third kappa shape index (κ3) is 6.31. The Morgan fingerprint density at radius 2 is 1.74 bits per heavy atom. The number of rotatable bonds is 7. The summed E-state index contributed by atoms with van der Waals surface area (Å²) in [5.74, 6) is 0.227. The maximum Gasteiger partial charge on any atom is 0.294 e. The summed E-state index contributed by atoms with van der Waals surface area (Å²) in [6.45, 7) is 8.23. The molecule has 0 aliphatic carbocycles. The van der Waals surface area contributed by atoms with Gasteiger partial charge in [0.15, 0.2) is 0 Å². The van der Waals surface area contributed by atoms with Crippen LogP contribution in [0, 0.1) is 10.1 Å². The zero-order chi connectivity index (χ0) is 16.7. The Bertz CT molecular complexity index is 393. The van der Waals surface area contributed by atoms with Gasteiger partial charge >= 0.3 is 0 Å². The predicted octanol–water partition coefficient (Wildman–Crippen LogP) is 0.603. The normalized spacial score (nSPS) is 21.9. The summed E-state index contributed by atoms with van der Waals surface area (Å²) in [6, 6.07) is 0. The van der Waals surface area contributed by atoms with Crippen LogP contribution in [-0.2, 0) is 9.63 Å². The molecule has 0 aromatic carbocycles. The zero-order valence-electron chi connectivity index (χ0n) is 14.0. The molecule has 0 saturated carbocycles. The van der Waals surface area contributed by atoms with Gasteiger partial charge in [-0.3, -0.25) is 9.69 Å². The lowest BCUT2D eigenvalue weighted by molar-refractivity contribution is -0.767. The number of amides is 1. The van der Waals surface area contributed by atoms with Gasteiger partial charge in [-0.15, -0.1) is 10.1 Å². The minimum atomic E-state index is -0.745. The number of hydrogen-bond donors (Lipinski definition) is 0. The Balaban J connectivity index is 1.63. The Hall–Kier alpha value is -1.41. The van der Waals surface area contributed by atoms with E-state index in [1.807, 2.05) is 4.90 Å². The average molecular weight is 328 g/mol. The van der Waals surface area contributed by atoms with E-state index in [0.29, 0.717) is 26.1 Å². The van der Waals surface area contributed by atoms with Crippen LogP contribution < -0.4 is 0 Å². The van der Waals surface area contributed by atoms with Gasteiger partial charge in [0.05, 0.1) is 0 Å². The Morgan fingerprint density at radius 3 is 2.35 bits per heavy atom. The molecule has 2 saturated heterocycles. The molecule has 0 aromatic rings. The second-order valence-corrected chi connectivity index (χ2v) is 6.47. The molecule has 1 amide bonds. The lowest BCUT2D eigenvalue weighted by Gasteiger charge is -2.36. The smallest absolute Gasteiger partial charge is 0.294 e. The summed E-state index contributed by atoms with van der Waals surface area (Å²) in [4.78, 5) is 33.5. The molecule has 0 aromatic heterocycles. The predicted molar refractivity (Wildman–Crippen MR) is 85.5 cm³/mol. The van der Waals surface area contributed by atoms with Crippen LogP contribution in [0.25, 0.3) is 0 Å². The maximum absolute atomic E-state index is 12.3. The second kappa shape index (κ2) is 9.02. The first-order valence-corrected chi connectivity index (χ1v) is 8.58. The quantitative estimate of drug-likeness (QED) is 0.503. The van der Waals surface area contributed by atoms with Gasteiger partial charge in [-0.25, -0.2) is 0 Å². The minimum absolute atomic E-state index is 0.227. The zero-order valence-corrected chi connectivity index (χ0v) is 14.0.